The number of aliphatic carboxylic acids is 2. The van der Waals surface area contributed by atoms with Crippen molar-refractivity contribution in [3.8, 4) is 34.5 Å². The van der Waals surface area contributed by atoms with Gasteiger partial charge in [-0.1, -0.05) is 117 Å². The number of carboxylic acids is 2. The number of methoxy groups -OCH3 is 5. The summed E-state index contributed by atoms with van der Waals surface area (Å²) in [6.07, 6.45) is -6.88. The summed E-state index contributed by atoms with van der Waals surface area (Å²) >= 11 is 0. The Bertz CT molecular complexity index is 5480. The summed E-state index contributed by atoms with van der Waals surface area (Å²) < 4.78 is 98.7. The summed E-state index contributed by atoms with van der Waals surface area (Å²) in [5, 5.41) is 147. The minimum absolute atomic E-state index is 0.00118. The Kier molecular flexibility index (Phi) is 50.9. The van der Waals surface area contributed by atoms with Crippen molar-refractivity contribution in [2.45, 2.75) is 119 Å². The molecular weight excluding hydrogens is 1930 g/mol. The third-order valence-electron chi connectivity index (χ3n) is 18.3. The number of nitro groups is 4. The summed E-state index contributed by atoms with van der Waals surface area (Å²) in [6.45, 7) is 3.91. The van der Waals surface area contributed by atoms with Gasteiger partial charge in [-0.05, 0) is 82.3 Å². The maximum absolute atomic E-state index is 12.8. The largest absolute Gasteiger partial charge is 0.505 e. The summed E-state index contributed by atoms with van der Waals surface area (Å²) in [6, 6.07) is 29.0. The Morgan fingerprint density at radius 1 is 0.394 bits per heavy atom. The van der Waals surface area contributed by atoms with Crippen LogP contribution >= 0.6 is 37.5 Å². The number of nitrogens with two attached hydrogens (primary N) is 2. The van der Waals surface area contributed by atoms with Crippen molar-refractivity contribution in [3.05, 3.63) is 231 Å². The van der Waals surface area contributed by atoms with E-state index < -0.39 is 242 Å². The molecule has 0 fully saturated rings. The number of ether oxygens (including phenoxy) is 8. The Hall–Kier alpha value is -13.3. The topological polar surface area (TPSA) is 860 Å². The minimum atomic E-state index is -4.52. The van der Waals surface area contributed by atoms with E-state index in [2.05, 4.69) is 30.2 Å². The first-order chi connectivity index (χ1) is 64.1. The van der Waals surface area contributed by atoms with Crippen molar-refractivity contribution in [2.75, 3.05) is 66.4 Å². The van der Waals surface area contributed by atoms with Crippen LogP contribution in [0.3, 0.4) is 0 Å². The van der Waals surface area contributed by atoms with Crippen LogP contribution in [0.5, 0.6) is 34.5 Å². The molecule has 14 atom stereocenters. The van der Waals surface area contributed by atoms with E-state index in [-0.39, 0.29) is 79.0 Å². The van der Waals surface area contributed by atoms with E-state index in [9.17, 15) is 162 Å². The number of nitro benzene ring substituents is 4. The first-order valence-corrected chi connectivity index (χ1v) is 48.5. The molecule has 0 radical (unpaired) electrons. The highest BCUT2D eigenvalue weighted by Gasteiger charge is 2.40. The SMILES string of the molecule is CC.COC(=O)[C@H](CCP(=O)(O)C(O)c1cc(OC)c(O)c([N+](=O)[O-])c1)NC(=O)OCc1ccccc1.COC(=O)[C@H](CCP(=O)(O)C(O)c1ccc(O)c([N+](=O)[O-])c1)NC(=O)OCc1ccccc1.COC(=O)[C@H](CC[P+](=O)O)NC(=O)OCc1ccccc1.COc1cc(C(O)P(=O)(O)CC[C@H](N)C(=O)O)cc([N+](=O)[O-])c1O.N[C@@H](CCP(=O)(O)C(O)c1ccc(O)c([N+](=O)[O-])c1)C(=O)O. The molecule has 0 spiro atoms. The number of benzene rings is 7. The van der Waals surface area contributed by atoms with Gasteiger partial charge in [0.15, 0.2) is 52.5 Å². The van der Waals surface area contributed by atoms with Gasteiger partial charge in [0.25, 0.3) is 0 Å². The van der Waals surface area contributed by atoms with Crippen molar-refractivity contribution in [1.29, 1.82) is 0 Å². The molecule has 752 valence electrons. The molecule has 58 heteroatoms. The van der Waals surface area contributed by atoms with Crippen molar-refractivity contribution in [3.63, 3.8) is 0 Å². The predicted molar refractivity (Wildman–Crippen MR) is 478 cm³/mol. The lowest BCUT2D eigenvalue weighted by Crippen LogP contribution is -2.42. The highest BCUT2D eigenvalue weighted by molar-refractivity contribution is 7.59. The zero-order chi connectivity index (χ0) is 104. The van der Waals surface area contributed by atoms with Crippen molar-refractivity contribution < 1.29 is 194 Å². The van der Waals surface area contributed by atoms with Crippen LogP contribution < -0.4 is 36.9 Å². The number of carbonyl (C=O) groups is 8. The summed E-state index contributed by atoms with van der Waals surface area (Å²) in [5.74, 6) is -17.0. The van der Waals surface area contributed by atoms with Crippen LogP contribution in [0, 0.1) is 40.5 Å². The molecule has 53 nitrogen and oxygen atoms in total. The molecule has 0 bridgehead atoms. The number of aromatic hydroxyl groups is 4. The molecule has 0 saturated heterocycles. The Morgan fingerprint density at radius 3 is 0.883 bits per heavy atom. The molecule has 0 aliphatic carbocycles. The summed E-state index contributed by atoms with van der Waals surface area (Å²) in [5.41, 5.74) is 8.33. The number of amides is 3. The molecule has 22 N–H and O–H groups in total. The van der Waals surface area contributed by atoms with E-state index in [0.29, 0.717) is 11.1 Å². The number of aliphatic hydroxyl groups is 4. The molecule has 0 aromatic heterocycles. The average Bonchev–Trinajstić information content (AvgIpc) is 0.787. The molecule has 3 amide bonds. The quantitative estimate of drug-likeness (QED) is 0.00563. The maximum Gasteiger partial charge on any atom is 0.505 e. The van der Waals surface area contributed by atoms with Gasteiger partial charge in [0.1, 0.15) is 50.0 Å². The highest BCUT2D eigenvalue weighted by Crippen LogP contribution is 2.59. The van der Waals surface area contributed by atoms with Crippen LogP contribution in [0.15, 0.2) is 152 Å². The van der Waals surface area contributed by atoms with Crippen molar-refractivity contribution >= 4 is 108 Å². The van der Waals surface area contributed by atoms with Crippen LogP contribution in [0.2, 0.25) is 0 Å². The number of esters is 3. The van der Waals surface area contributed by atoms with E-state index in [4.69, 9.17) is 50.3 Å². The number of nitrogens with zero attached hydrogens (tertiary/aromatic N) is 4. The smallest absolute Gasteiger partial charge is 0.502 e. The van der Waals surface area contributed by atoms with Gasteiger partial charge in [0.05, 0.1) is 55.2 Å². The van der Waals surface area contributed by atoms with E-state index >= 15 is 0 Å². The van der Waals surface area contributed by atoms with Gasteiger partial charge in [-0.25, -0.2) is 28.8 Å². The standard InChI is InChI=1S/C21H25N2O11P.C20H23N2O10P.C13H16NO6P.C12H17N2O9P.C11H15N2O8P.C2H6/c1-32-17-11-14(10-16(18(17)24)23(28)29)20(26)35(30,31)9-8-15(19(25)33-2)22-21(27)34-12-13-6-4-3-5-7-13;1-31-18(24)15(21-20(26)32-12-13-5-3-2-4-6-13)9-10-33(29,30)19(25)14-7-8-17(23)16(11-14)22(27)28;1-19-12(15)11(7-8-21(17)18)14-13(16)20-9-10-5-3-2-4-6-10;1-23-9-5-6(4-8(10(9)15)14(19)20)12(18)24(21,22)3-2-7(13)11(16)17;12-7(10(15)16)3-4-22(20,21)11(17)6-1-2-9(14)8(5-6)13(18)19;1-2/h3-7,10-11,15,20,24,26H,8-9,12H2,1-2H3,(H,22,27)(H,30,31);2-8,11,15,19,23,25H,9-10,12H2,1H3,(H,21,26)(H,29,30);2-6,11H,7-9H2,1H3,(H-,14,16,17,18);4-5,7,12,15,18H,2-3,13H2,1H3,(H,16,17)(H,21,22);1-2,5,7,11,14,17H,3-4,12H2,(H,15,16)(H,20,21);1-2H3/p+1/t15-,20?;15-,19?;11-;7-,12?;7-,11?;/m00000./s1. The van der Waals surface area contributed by atoms with Gasteiger partial charge in [-0.2, -0.15) is 4.89 Å². The molecule has 9 unspecified atom stereocenters. The lowest BCUT2D eigenvalue weighted by atomic mass is 10.2. The van der Waals surface area contributed by atoms with Crippen LogP contribution in [-0.2, 0) is 95.0 Å². The number of aliphatic hydroxyl groups excluding tert-OH is 4. The molecular formula is C79H103N9O44P5+. The molecule has 0 aliphatic heterocycles. The molecule has 7 aromatic carbocycles. The minimum Gasteiger partial charge on any atom is -0.502 e. The highest BCUT2D eigenvalue weighted by atomic mass is 31.2. The number of phenolic OH excluding ortho intramolecular Hbond substituents is 4. The van der Waals surface area contributed by atoms with E-state index in [0.717, 1.165) is 94.7 Å². The fourth-order valence-electron chi connectivity index (χ4n) is 10.9. The summed E-state index contributed by atoms with van der Waals surface area (Å²) in [4.78, 5) is 182. The molecule has 0 saturated carbocycles. The van der Waals surface area contributed by atoms with Crippen molar-refractivity contribution in [1.82, 2.24) is 16.0 Å². The fourth-order valence-corrected chi connectivity index (χ4v) is 17.4. The molecule has 7 aromatic rings. The normalized spacial score (nSPS) is 14.5. The second kappa shape index (κ2) is 58.2. The van der Waals surface area contributed by atoms with Crippen LogP contribution in [-0.4, -0.2) is 240 Å². The third kappa shape index (κ3) is 40.3. The zero-order valence-electron chi connectivity index (χ0n) is 73.5. The molecule has 0 heterocycles. The Balaban J connectivity index is 0.000000585. The van der Waals surface area contributed by atoms with Crippen molar-refractivity contribution in [2.24, 2.45) is 11.5 Å². The summed E-state index contributed by atoms with van der Waals surface area (Å²) in [7, 11) is -14.4. The Labute approximate surface area is 778 Å². The number of hydrogen-bond donors (Lipinski definition) is 20. The van der Waals surface area contributed by atoms with Gasteiger partial charge in [-0.15, -0.1) is 0 Å². The molecule has 137 heavy (non-hydrogen) atoms. The third-order valence-corrected chi connectivity index (χ3v) is 26.8. The number of alkyl carbamates (subject to hydrolysis) is 3. The molecule has 7 rings (SSSR count). The number of carboxylic acid groups (broad SMARTS) is 2. The second-order valence-corrected chi connectivity index (χ2v) is 38.8. The Morgan fingerprint density at radius 2 is 0.642 bits per heavy atom. The van der Waals surface area contributed by atoms with Crippen LogP contribution in [0.25, 0.3) is 0 Å². The maximum atomic E-state index is 12.8. The second-order valence-electron chi connectivity index (χ2n) is 27.9. The first-order valence-electron chi connectivity index (χ1n) is 39.4. The monoisotopic (exact) mass is 2040 g/mol. The number of nitrogens with one attached hydrogen (secondary N) is 3. The van der Waals surface area contributed by atoms with E-state index in [1.165, 1.54) is 7.11 Å². The number of hydrogen-bond acceptors (Lipinski definition) is 39. The van der Waals surface area contributed by atoms with Gasteiger partial charge in [0, 0.05) is 66.5 Å². The fraction of sp³-hybridized carbons (Fsp3) is 0.367. The predicted octanol–water partition coefficient (Wildman–Crippen LogP) is 8.19. The van der Waals surface area contributed by atoms with Crippen LogP contribution in [0.1, 0.15) is 108 Å². The number of rotatable bonds is 43. The van der Waals surface area contributed by atoms with Crippen LogP contribution in [0.4, 0.5) is 37.1 Å². The zero-order valence-corrected chi connectivity index (χ0v) is 78.0. The van der Waals surface area contributed by atoms with E-state index in [1.807, 2.05) is 32.0 Å². The molecule has 0 aliphatic rings. The first kappa shape index (κ1) is 120. The number of phenols is 4. The average molecular weight is 2040 g/mol. The van der Waals surface area contributed by atoms with E-state index in [1.54, 1.807) is 72.8 Å². The lowest BCUT2D eigenvalue weighted by Gasteiger charge is -2.22. The number of carbonyl (C=O) groups excluding carboxylic acids is 6. The lowest BCUT2D eigenvalue weighted by molar-refractivity contribution is -0.386. The van der Waals surface area contributed by atoms with Gasteiger partial charge < -0.3 is 136 Å². The van der Waals surface area contributed by atoms with Gasteiger partial charge >= 0.3 is 78.9 Å². The van der Waals surface area contributed by atoms with Gasteiger partial charge in [0.2, 0.25) is 41.0 Å². The van der Waals surface area contributed by atoms with Gasteiger partial charge in [-0.3, -0.25) is 68.3 Å².